The maximum atomic E-state index is 13.9. The van der Waals surface area contributed by atoms with Crippen molar-refractivity contribution >= 4 is 34.6 Å². The van der Waals surface area contributed by atoms with Crippen LogP contribution in [-0.2, 0) is 16.0 Å². The minimum Gasteiger partial charge on any atom is -0.465 e. The van der Waals surface area contributed by atoms with Gasteiger partial charge in [0.1, 0.15) is 17.4 Å². The number of aromatic nitrogens is 2. The molecule has 2 amide bonds. The van der Waals surface area contributed by atoms with Crippen LogP contribution in [0, 0.1) is 5.82 Å². The van der Waals surface area contributed by atoms with E-state index in [9.17, 15) is 14.0 Å². The van der Waals surface area contributed by atoms with Gasteiger partial charge in [-0.1, -0.05) is 18.2 Å². The third kappa shape index (κ3) is 5.48. The highest BCUT2D eigenvalue weighted by Gasteiger charge is 2.09. The largest absolute Gasteiger partial charge is 0.465 e. The molecule has 0 unspecified atom stereocenters. The van der Waals surface area contributed by atoms with Crippen LogP contribution in [0.5, 0.6) is 0 Å². The Bertz CT molecular complexity index is 1260. The van der Waals surface area contributed by atoms with Gasteiger partial charge in [0.25, 0.3) is 0 Å². The van der Waals surface area contributed by atoms with Crippen molar-refractivity contribution in [1.29, 1.82) is 0 Å². The smallest absolute Gasteiger partial charge is 0.244 e. The first kappa shape index (κ1) is 21.0. The van der Waals surface area contributed by atoms with Crippen molar-refractivity contribution in [1.82, 2.24) is 15.3 Å². The molecular weight excluding hydrogens is 411 g/mol. The van der Waals surface area contributed by atoms with Gasteiger partial charge in [-0.15, -0.1) is 0 Å². The summed E-state index contributed by atoms with van der Waals surface area (Å²) in [5.74, 6) is 0.397. The number of anilines is 1. The number of nitrogens with one attached hydrogen (secondary N) is 3. The molecule has 4 aromatic rings. The lowest BCUT2D eigenvalue weighted by molar-refractivity contribution is -0.117. The molecule has 0 saturated carbocycles. The molecule has 0 atom stereocenters. The Morgan fingerprint density at radius 2 is 2.00 bits per heavy atom. The molecular formula is C24H21FN4O3. The van der Waals surface area contributed by atoms with Crippen molar-refractivity contribution < 1.29 is 18.4 Å². The first-order chi connectivity index (χ1) is 15.6. The molecule has 4 rings (SSSR count). The summed E-state index contributed by atoms with van der Waals surface area (Å²) in [5, 5.41) is 5.45. The molecule has 0 radical (unpaired) electrons. The molecule has 0 bridgehead atoms. The topological polar surface area (TPSA) is 100 Å². The molecule has 2 aromatic heterocycles. The number of rotatable bonds is 8. The fourth-order valence-corrected chi connectivity index (χ4v) is 3.17. The molecule has 0 aliphatic carbocycles. The van der Waals surface area contributed by atoms with Crippen molar-refractivity contribution in [2.45, 2.75) is 12.8 Å². The number of aromatic amines is 1. The second-order valence-corrected chi connectivity index (χ2v) is 7.12. The molecule has 0 fully saturated rings. The number of hydrogen-bond acceptors (Lipinski definition) is 4. The van der Waals surface area contributed by atoms with Gasteiger partial charge in [-0.3, -0.25) is 9.59 Å². The Morgan fingerprint density at radius 1 is 1.12 bits per heavy atom. The molecule has 3 N–H and O–H groups in total. The van der Waals surface area contributed by atoms with Crippen LogP contribution < -0.4 is 10.6 Å². The lowest BCUT2D eigenvalue weighted by Gasteiger charge is -2.05. The minimum absolute atomic E-state index is 0.125. The standard InChI is InChI=1S/C24H21FN4O3/c25-19-6-2-1-4-16(19)14-22-28-20-9-7-17(15-21(20)29-22)27-24(31)11-12-26-23(30)10-8-18-5-3-13-32-18/h1-10,13,15H,11-12,14H2,(H,26,30)(H,27,31)(H,28,29)/b10-8+. The summed E-state index contributed by atoms with van der Waals surface area (Å²) in [6.07, 6.45) is 4.89. The Morgan fingerprint density at radius 3 is 2.81 bits per heavy atom. The van der Waals surface area contributed by atoms with Gasteiger partial charge >= 0.3 is 0 Å². The van der Waals surface area contributed by atoms with E-state index in [4.69, 9.17) is 4.42 Å². The number of amides is 2. The van der Waals surface area contributed by atoms with Crippen LogP contribution in [0.25, 0.3) is 17.1 Å². The Kier molecular flexibility index (Phi) is 6.41. The zero-order chi connectivity index (χ0) is 22.3. The predicted octanol–water partition coefficient (Wildman–Crippen LogP) is 4.04. The molecule has 0 aliphatic heterocycles. The van der Waals surface area contributed by atoms with E-state index in [-0.39, 0.29) is 30.6 Å². The molecule has 2 aromatic carbocycles. The summed E-state index contributed by atoms with van der Waals surface area (Å²) >= 11 is 0. The highest BCUT2D eigenvalue weighted by Crippen LogP contribution is 2.19. The summed E-state index contributed by atoms with van der Waals surface area (Å²) in [4.78, 5) is 31.6. The second kappa shape index (κ2) is 9.74. The minimum atomic E-state index is -0.310. The van der Waals surface area contributed by atoms with Crippen LogP contribution in [0.1, 0.15) is 23.6 Å². The first-order valence-corrected chi connectivity index (χ1v) is 10.1. The highest BCUT2D eigenvalue weighted by atomic mass is 19.1. The van der Waals surface area contributed by atoms with Crippen LogP contribution in [-0.4, -0.2) is 28.3 Å². The number of carbonyl (C=O) groups is 2. The summed E-state index contributed by atoms with van der Waals surface area (Å²) in [6, 6.07) is 15.3. The zero-order valence-electron chi connectivity index (χ0n) is 17.1. The van der Waals surface area contributed by atoms with Crippen molar-refractivity contribution in [3.63, 3.8) is 0 Å². The van der Waals surface area contributed by atoms with E-state index in [0.29, 0.717) is 29.3 Å². The highest BCUT2D eigenvalue weighted by molar-refractivity contribution is 5.94. The van der Waals surface area contributed by atoms with Gasteiger partial charge in [0.2, 0.25) is 11.8 Å². The average molecular weight is 432 g/mol. The number of carbonyl (C=O) groups excluding carboxylic acids is 2. The molecule has 8 heteroatoms. The monoisotopic (exact) mass is 432 g/mol. The third-order valence-corrected chi connectivity index (χ3v) is 4.72. The van der Waals surface area contributed by atoms with E-state index >= 15 is 0 Å². The van der Waals surface area contributed by atoms with Crippen molar-refractivity contribution in [3.8, 4) is 0 Å². The first-order valence-electron chi connectivity index (χ1n) is 10.1. The quantitative estimate of drug-likeness (QED) is 0.366. The number of furan rings is 1. The predicted molar refractivity (Wildman–Crippen MR) is 119 cm³/mol. The number of nitrogens with zero attached hydrogens (tertiary/aromatic N) is 1. The van der Waals surface area contributed by atoms with Crippen molar-refractivity contribution in [2.75, 3.05) is 11.9 Å². The molecule has 162 valence electrons. The fourth-order valence-electron chi connectivity index (χ4n) is 3.17. The molecule has 0 spiro atoms. The maximum Gasteiger partial charge on any atom is 0.244 e. The third-order valence-electron chi connectivity index (χ3n) is 4.72. The van der Waals surface area contributed by atoms with Gasteiger partial charge in [-0.2, -0.15) is 0 Å². The van der Waals surface area contributed by atoms with Gasteiger partial charge in [-0.25, -0.2) is 9.37 Å². The molecule has 0 saturated heterocycles. The van der Waals surface area contributed by atoms with Crippen LogP contribution >= 0.6 is 0 Å². The number of H-pyrrole nitrogens is 1. The number of halogens is 1. The van der Waals surface area contributed by atoms with E-state index in [1.807, 2.05) is 0 Å². The van der Waals surface area contributed by atoms with Gasteiger partial charge in [0.05, 0.1) is 17.3 Å². The van der Waals surface area contributed by atoms with E-state index in [0.717, 1.165) is 11.0 Å². The Balaban J connectivity index is 1.29. The molecule has 32 heavy (non-hydrogen) atoms. The number of fused-ring (bicyclic) bond motifs is 1. The lowest BCUT2D eigenvalue weighted by atomic mass is 10.1. The van der Waals surface area contributed by atoms with E-state index in [1.165, 1.54) is 18.4 Å². The van der Waals surface area contributed by atoms with Crippen molar-refractivity contribution in [3.05, 3.63) is 89.9 Å². The van der Waals surface area contributed by atoms with Crippen molar-refractivity contribution in [2.24, 2.45) is 0 Å². The average Bonchev–Trinajstić information content (AvgIpc) is 3.43. The second-order valence-electron chi connectivity index (χ2n) is 7.12. The SMILES string of the molecule is O=C(/C=C/c1ccco1)NCCC(=O)Nc1ccc2nc(Cc3ccccc3F)[nH]c2c1. The van der Waals surface area contributed by atoms with E-state index in [1.54, 1.807) is 54.6 Å². The van der Waals surface area contributed by atoms with Crippen LogP contribution in [0.3, 0.4) is 0 Å². The molecule has 0 aliphatic rings. The number of benzene rings is 2. The number of imidazole rings is 1. The van der Waals surface area contributed by atoms with Gasteiger partial charge in [0.15, 0.2) is 0 Å². The number of hydrogen-bond donors (Lipinski definition) is 3. The summed E-state index contributed by atoms with van der Waals surface area (Å²) in [6.45, 7) is 0.201. The van der Waals surface area contributed by atoms with Crippen LogP contribution in [0.4, 0.5) is 10.1 Å². The maximum absolute atomic E-state index is 13.9. The van der Waals surface area contributed by atoms with Gasteiger partial charge in [-0.05, 0) is 48.0 Å². The zero-order valence-corrected chi connectivity index (χ0v) is 17.1. The van der Waals surface area contributed by atoms with Gasteiger partial charge < -0.3 is 20.0 Å². The van der Waals surface area contributed by atoms with E-state index < -0.39 is 0 Å². The van der Waals surface area contributed by atoms with E-state index in [2.05, 4.69) is 20.6 Å². The Hall–Kier alpha value is -4.20. The van der Waals surface area contributed by atoms with Crippen LogP contribution in [0.15, 0.2) is 71.4 Å². The van der Waals surface area contributed by atoms with Gasteiger partial charge in [0, 0.05) is 31.1 Å². The lowest BCUT2D eigenvalue weighted by Crippen LogP contribution is -2.26. The summed E-state index contributed by atoms with van der Waals surface area (Å²) < 4.78 is 19.0. The normalized spacial score (nSPS) is 11.2. The molecule has 7 nitrogen and oxygen atoms in total. The van der Waals surface area contributed by atoms with Crippen LogP contribution in [0.2, 0.25) is 0 Å². The molecule has 2 heterocycles. The summed E-state index contributed by atoms with van der Waals surface area (Å²) in [7, 11) is 0. The Labute approximate surface area is 183 Å². The summed E-state index contributed by atoms with van der Waals surface area (Å²) in [5.41, 5.74) is 2.63. The fraction of sp³-hybridized carbons (Fsp3) is 0.125.